The molecule has 3 aliphatic carbocycles. The molecule has 1 fully saturated rings. The summed E-state index contributed by atoms with van der Waals surface area (Å²) < 4.78 is 0. The van der Waals surface area contributed by atoms with Gasteiger partial charge in [0.15, 0.2) is 28.4 Å². The highest BCUT2D eigenvalue weighted by Crippen LogP contribution is 2.57. The Morgan fingerprint density at radius 1 is 0.955 bits per heavy atom. The number of hydrogen-bond acceptors (Lipinski definition) is 19. The second kappa shape index (κ2) is 17.3. The number of fused-ring (bicyclic) bond motifs is 4. The Hall–Kier alpha value is -7.76. The number of aliphatic hydroxyl groups excluding tert-OH is 2. The first-order valence-corrected chi connectivity index (χ1v) is 20.4. The summed E-state index contributed by atoms with van der Waals surface area (Å²) in [6, 6.07) is 7.61. The lowest BCUT2D eigenvalue weighted by atomic mass is 9.54. The number of phenols is 1. The Balaban J connectivity index is 1.04. The predicted molar refractivity (Wildman–Crippen MR) is 231 cm³/mol. The van der Waals surface area contributed by atoms with E-state index in [9.17, 15) is 59.4 Å². The SMILES string of the molecule is CN(Cc1cnc2nc(NCNC(=O)C3=C(O)C4(O)C(=O)C5=C(O)c6c(O)cccc6C(C)(O)C5CC4C(N(C)C)C3=O)nc(N)c2n1)c1ccc(C(=O)NC(CCC(=O)O)C(=O)O)cc1. The number of aliphatic carboxylic acids is 2. The lowest BCUT2D eigenvalue weighted by Crippen LogP contribution is -2.67. The average Bonchev–Trinajstić information content (AvgIpc) is 3.25. The van der Waals surface area contributed by atoms with E-state index in [4.69, 9.17) is 10.8 Å². The van der Waals surface area contributed by atoms with Crippen molar-refractivity contribution in [2.24, 2.45) is 11.8 Å². The molecule has 7 rings (SSSR count). The van der Waals surface area contributed by atoms with Gasteiger partial charge >= 0.3 is 11.9 Å². The summed E-state index contributed by atoms with van der Waals surface area (Å²) in [5.41, 5.74) is 1.36. The number of amides is 2. The third-order valence-corrected chi connectivity index (χ3v) is 12.2. The fourth-order valence-electron chi connectivity index (χ4n) is 8.86. The van der Waals surface area contributed by atoms with Crippen LogP contribution in [-0.4, -0.2) is 141 Å². The van der Waals surface area contributed by atoms with Crippen molar-refractivity contribution < 1.29 is 64.5 Å². The number of carbonyl (C=O) groups is 6. The molecular formula is C43H46N10O13. The lowest BCUT2D eigenvalue weighted by Gasteiger charge is -2.53. The molecule has 2 aromatic carbocycles. The third kappa shape index (κ3) is 8.02. The van der Waals surface area contributed by atoms with Gasteiger partial charge in [0.1, 0.15) is 28.9 Å². The van der Waals surface area contributed by atoms with Gasteiger partial charge in [-0.05, 0) is 69.8 Å². The maximum absolute atomic E-state index is 14.4. The standard InChI is InChI=1S/C43H46N10O13/c1-42(65)21-6-5-7-25(54)27(21)32(57)28-22(42)14-23-31(52(2)3)33(58)29(35(60)43(23,66)34(28)59)39(62)46-17-47-41-50-36(44)30-37(51-41)45-15-19(48-30)16-53(4)20-10-8-18(9-11-20)38(61)49-24(40(63)64)12-13-26(55)56/h5-11,15,22-24,31,54,57,60,65-66H,12-14,16-17H2,1-4H3,(H,46,62)(H,49,61)(H,55,56)(H,63,64)(H3,44,45,47,50,51). The van der Waals surface area contributed by atoms with Crippen LogP contribution >= 0.6 is 0 Å². The third-order valence-electron chi connectivity index (χ3n) is 12.2. The van der Waals surface area contributed by atoms with E-state index in [0.717, 1.165) is 0 Å². The van der Waals surface area contributed by atoms with E-state index >= 15 is 0 Å². The van der Waals surface area contributed by atoms with Crippen molar-refractivity contribution in [3.05, 3.63) is 88.0 Å². The van der Waals surface area contributed by atoms with Crippen LogP contribution in [-0.2, 0) is 36.1 Å². The Labute approximate surface area is 374 Å². The maximum Gasteiger partial charge on any atom is 0.326 e. The van der Waals surface area contributed by atoms with Crippen molar-refractivity contribution >= 4 is 69.7 Å². The largest absolute Gasteiger partial charge is 0.508 e. The number of rotatable bonds is 14. The number of aliphatic hydroxyl groups is 4. The number of phenolic OH excluding ortho intramolecular Hbond substituents is 1. The van der Waals surface area contributed by atoms with Crippen LogP contribution in [0.25, 0.3) is 16.9 Å². The molecule has 4 aromatic rings. The number of anilines is 3. The number of nitrogen functional groups attached to an aromatic ring is 1. The molecule has 23 nitrogen and oxygen atoms in total. The molecule has 6 atom stereocenters. The molecule has 0 aliphatic heterocycles. The highest BCUT2D eigenvalue weighted by Gasteiger charge is 2.66. The molecule has 346 valence electrons. The molecule has 66 heavy (non-hydrogen) atoms. The normalized spacial score (nSPS) is 22.9. The van der Waals surface area contributed by atoms with Crippen molar-refractivity contribution in [1.82, 2.24) is 35.5 Å². The first kappa shape index (κ1) is 46.2. The van der Waals surface area contributed by atoms with Gasteiger partial charge in [-0.25, -0.2) is 14.8 Å². The summed E-state index contributed by atoms with van der Waals surface area (Å²) >= 11 is 0. The molecule has 1 saturated carbocycles. The molecule has 0 saturated heterocycles. The minimum Gasteiger partial charge on any atom is -0.508 e. The van der Waals surface area contributed by atoms with E-state index < -0.39 is 112 Å². The number of hydrogen-bond donors (Lipinski definition) is 11. The van der Waals surface area contributed by atoms with Gasteiger partial charge in [0.05, 0.1) is 42.3 Å². The Kier molecular flexibility index (Phi) is 12.1. The zero-order valence-electron chi connectivity index (χ0n) is 35.8. The second-order valence-electron chi connectivity index (χ2n) is 16.6. The first-order valence-electron chi connectivity index (χ1n) is 20.4. The highest BCUT2D eigenvalue weighted by molar-refractivity contribution is 6.25. The number of Topliss-reactive ketones (excluding diaryl/α,β-unsaturated/α-hetero) is 2. The predicted octanol–water partition coefficient (Wildman–Crippen LogP) is 0.329. The van der Waals surface area contributed by atoms with E-state index in [1.165, 1.54) is 62.4 Å². The Bertz CT molecular complexity index is 2780. The molecule has 2 aromatic heterocycles. The van der Waals surface area contributed by atoms with E-state index in [2.05, 4.69) is 35.9 Å². The maximum atomic E-state index is 14.4. The molecule has 2 amide bonds. The number of nitrogens with one attached hydrogen (secondary N) is 3. The fraction of sp³-hybridized carbons (Fsp3) is 0.349. The van der Waals surface area contributed by atoms with E-state index in [0.29, 0.717) is 11.4 Å². The topological polar surface area (TPSA) is 364 Å². The van der Waals surface area contributed by atoms with Crippen LogP contribution in [0.4, 0.5) is 17.5 Å². The quantitative estimate of drug-likeness (QED) is 0.0600. The molecule has 0 bridgehead atoms. The van der Waals surface area contributed by atoms with Gasteiger partial charge in [0, 0.05) is 42.1 Å². The number of carbonyl (C=O) groups excluding carboxylic acids is 4. The summed E-state index contributed by atoms with van der Waals surface area (Å²) in [7, 11) is 4.70. The van der Waals surface area contributed by atoms with Crippen molar-refractivity contribution in [2.75, 3.05) is 43.8 Å². The van der Waals surface area contributed by atoms with Gasteiger partial charge < -0.3 is 62.3 Å². The molecule has 3 aliphatic rings. The lowest BCUT2D eigenvalue weighted by molar-refractivity contribution is -0.159. The summed E-state index contributed by atoms with van der Waals surface area (Å²) in [5, 5.41) is 83.2. The van der Waals surface area contributed by atoms with Crippen LogP contribution < -0.4 is 26.6 Å². The van der Waals surface area contributed by atoms with Crippen molar-refractivity contribution in [3.63, 3.8) is 0 Å². The van der Waals surface area contributed by atoms with Crippen molar-refractivity contribution in [3.8, 4) is 5.75 Å². The van der Waals surface area contributed by atoms with Crippen LogP contribution in [0.3, 0.4) is 0 Å². The molecule has 2 heterocycles. The first-order chi connectivity index (χ1) is 31.1. The van der Waals surface area contributed by atoms with E-state index in [1.807, 2.05) is 0 Å². The number of nitrogens with two attached hydrogens (primary N) is 1. The number of benzene rings is 2. The Morgan fingerprint density at radius 3 is 2.30 bits per heavy atom. The van der Waals surface area contributed by atoms with Gasteiger partial charge in [0.25, 0.3) is 11.8 Å². The van der Waals surface area contributed by atoms with Crippen molar-refractivity contribution in [2.45, 2.75) is 56.0 Å². The summed E-state index contributed by atoms with van der Waals surface area (Å²) in [5.74, 6) is -11.8. The van der Waals surface area contributed by atoms with E-state index in [1.54, 1.807) is 24.1 Å². The highest BCUT2D eigenvalue weighted by atomic mass is 16.4. The van der Waals surface area contributed by atoms with Crippen LogP contribution in [0.15, 0.2) is 65.6 Å². The van der Waals surface area contributed by atoms with Crippen LogP contribution in [0.1, 0.15) is 53.4 Å². The van der Waals surface area contributed by atoms with Crippen LogP contribution in [0, 0.1) is 11.8 Å². The minimum atomic E-state index is -2.91. The molecule has 23 heteroatoms. The smallest absolute Gasteiger partial charge is 0.326 e. The molecule has 0 radical (unpaired) electrons. The Morgan fingerprint density at radius 2 is 1.65 bits per heavy atom. The zero-order valence-corrected chi connectivity index (χ0v) is 35.8. The molecule has 12 N–H and O–H groups in total. The monoisotopic (exact) mass is 910 g/mol. The fourth-order valence-corrected chi connectivity index (χ4v) is 8.86. The number of ketones is 2. The van der Waals surface area contributed by atoms with Gasteiger partial charge in [-0.1, -0.05) is 12.1 Å². The van der Waals surface area contributed by atoms with Crippen LogP contribution in [0.5, 0.6) is 5.75 Å². The number of likely N-dealkylation sites (N-methyl/N-ethyl adjacent to an activating group) is 1. The number of aromatic nitrogens is 4. The average molecular weight is 911 g/mol. The number of aromatic hydroxyl groups is 1. The van der Waals surface area contributed by atoms with Crippen LogP contribution in [0.2, 0.25) is 0 Å². The molecule has 0 spiro atoms. The number of carboxylic acid groups (broad SMARTS) is 2. The van der Waals surface area contributed by atoms with Gasteiger partial charge in [-0.2, -0.15) is 9.97 Å². The van der Waals surface area contributed by atoms with Gasteiger partial charge in [-0.3, -0.25) is 28.9 Å². The van der Waals surface area contributed by atoms with Gasteiger partial charge in [-0.15, -0.1) is 0 Å². The van der Waals surface area contributed by atoms with E-state index in [-0.39, 0.29) is 59.0 Å². The summed E-state index contributed by atoms with van der Waals surface area (Å²) in [4.78, 5) is 97.6. The number of carboxylic acids is 2. The minimum absolute atomic E-state index is 0.0651. The van der Waals surface area contributed by atoms with Gasteiger partial charge in [0.2, 0.25) is 11.7 Å². The second-order valence-corrected chi connectivity index (χ2v) is 16.6. The number of nitrogens with zero attached hydrogens (tertiary/aromatic N) is 6. The summed E-state index contributed by atoms with van der Waals surface area (Å²) in [6.45, 7) is 1.11. The van der Waals surface area contributed by atoms with Crippen molar-refractivity contribution in [1.29, 1.82) is 0 Å². The summed E-state index contributed by atoms with van der Waals surface area (Å²) in [6.07, 6.45) is 0.420. The zero-order chi connectivity index (χ0) is 48.2. The molecular weight excluding hydrogens is 865 g/mol. The molecule has 6 unspecified atom stereocenters.